The summed E-state index contributed by atoms with van der Waals surface area (Å²) in [5.41, 5.74) is 4.11. The Balaban J connectivity index is 1.65. The van der Waals surface area contributed by atoms with Crippen LogP contribution in [0, 0.1) is 0 Å². The van der Waals surface area contributed by atoms with Gasteiger partial charge in [0, 0.05) is 42.8 Å². The first-order chi connectivity index (χ1) is 16.4. The van der Waals surface area contributed by atoms with Gasteiger partial charge in [0.1, 0.15) is 16.9 Å². The van der Waals surface area contributed by atoms with E-state index in [1.165, 1.54) is 6.42 Å². The van der Waals surface area contributed by atoms with Crippen LogP contribution < -0.4 is 4.74 Å². The number of piperidine rings is 1. The lowest BCUT2D eigenvalue weighted by molar-refractivity contribution is 0.0362. The Hall–Kier alpha value is -3.35. The first-order valence-corrected chi connectivity index (χ1v) is 12.2. The Morgan fingerprint density at radius 3 is 2.76 bits per heavy atom. The largest absolute Gasteiger partial charge is 0.494 e. The van der Waals surface area contributed by atoms with Crippen molar-refractivity contribution in [1.29, 1.82) is 0 Å². The Bertz CT molecular complexity index is 1380. The minimum Gasteiger partial charge on any atom is -0.494 e. The molecular weight excluding hydrogens is 426 g/mol. The molecule has 34 heavy (non-hydrogen) atoms. The molecule has 0 bridgehead atoms. The SMILES string of the molecule is CCn1c(-c2nc3cc(C(=O)N4CCCC[C@]4(C)CC)cc(OC)c3n2C)cc2cccnc21. The molecule has 0 N–H and O–H groups in total. The van der Waals surface area contributed by atoms with Crippen LogP contribution in [0.4, 0.5) is 0 Å². The zero-order valence-corrected chi connectivity index (χ0v) is 20.8. The summed E-state index contributed by atoms with van der Waals surface area (Å²) < 4.78 is 10.0. The number of benzene rings is 1. The van der Waals surface area contributed by atoms with Crippen LogP contribution >= 0.6 is 0 Å². The number of aromatic nitrogens is 4. The molecule has 1 aliphatic heterocycles. The molecule has 3 aromatic heterocycles. The molecule has 1 aliphatic rings. The van der Waals surface area contributed by atoms with Crippen LogP contribution in [0.5, 0.6) is 5.75 Å². The minimum absolute atomic E-state index is 0.0586. The normalized spacial score (nSPS) is 18.7. The highest BCUT2D eigenvalue weighted by atomic mass is 16.5. The summed E-state index contributed by atoms with van der Waals surface area (Å²) in [6, 6.07) is 9.95. The number of imidazole rings is 1. The second-order valence-electron chi connectivity index (χ2n) is 9.50. The monoisotopic (exact) mass is 459 g/mol. The van der Waals surface area contributed by atoms with Gasteiger partial charge in [-0.15, -0.1) is 0 Å². The molecule has 0 saturated carbocycles. The lowest BCUT2D eigenvalue weighted by Gasteiger charge is -2.44. The number of nitrogens with zero attached hydrogens (tertiary/aromatic N) is 5. The lowest BCUT2D eigenvalue weighted by Crippen LogP contribution is -2.52. The van der Waals surface area contributed by atoms with Crippen LogP contribution in [0.2, 0.25) is 0 Å². The fourth-order valence-electron chi connectivity index (χ4n) is 5.46. The number of aryl methyl sites for hydroxylation is 2. The van der Waals surface area contributed by atoms with E-state index in [2.05, 4.69) is 51.9 Å². The molecule has 4 heterocycles. The van der Waals surface area contributed by atoms with Crippen molar-refractivity contribution in [3.8, 4) is 17.3 Å². The van der Waals surface area contributed by atoms with Gasteiger partial charge in [-0.1, -0.05) is 6.92 Å². The van der Waals surface area contributed by atoms with Crippen LogP contribution in [-0.2, 0) is 13.6 Å². The van der Waals surface area contributed by atoms with Crippen LogP contribution in [0.15, 0.2) is 36.5 Å². The molecule has 1 fully saturated rings. The van der Waals surface area contributed by atoms with E-state index in [4.69, 9.17) is 9.72 Å². The molecule has 0 unspecified atom stereocenters. The van der Waals surface area contributed by atoms with Gasteiger partial charge < -0.3 is 18.8 Å². The van der Waals surface area contributed by atoms with E-state index in [0.29, 0.717) is 11.3 Å². The zero-order valence-electron chi connectivity index (χ0n) is 20.8. The van der Waals surface area contributed by atoms with Gasteiger partial charge in [-0.05, 0) is 69.9 Å². The van der Waals surface area contributed by atoms with Gasteiger partial charge in [0.2, 0.25) is 0 Å². The number of fused-ring (bicyclic) bond motifs is 2. The highest BCUT2D eigenvalue weighted by molar-refractivity contribution is 6.00. The maximum atomic E-state index is 13.7. The Kier molecular flexibility index (Phi) is 5.58. The summed E-state index contributed by atoms with van der Waals surface area (Å²) in [7, 11) is 3.65. The number of amides is 1. The van der Waals surface area contributed by atoms with Gasteiger partial charge in [-0.25, -0.2) is 9.97 Å². The van der Waals surface area contributed by atoms with Crippen LogP contribution in [0.25, 0.3) is 33.6 Å². The number of carbonyl (C=O) groups excluding carboxylic acids is 1. The van der Waals surface area contributed by atoms with Crippen LogP contribution in [0.1, 0.15) is 56.8 Å². The number of hydrogen-bond donors (Lipinski definition) is 0. The molecule has 0 aliphatic carbocycles. The molecule has 1 saturated heterocycles. The molecule has 7 heteroatoms. The van der Waals surface area contributed by atoms with Gasteiger partial charge >= 0.3 is 0 Å². The average molecular weight is 460 g/mol. The quantitative estimate of drug-likeness (QED) is 0.400. The third-order valence-corrected chi connectivity index (χ3v) is 7.61. The van der Waals surface area contributed by atoms with Crippen molar-refractivity contribution in [2.75, 3.05) is 13.7 Å². The first kappa shape index (κ1) is 22.4. The van der Waals surface area contributed by atoms with Crippen LogP contribution in [-0.4, -0.2) is 49.1 Å². The number of methoxy groups -OCH3 is 1. The van der Waals surface area contributed by atoms with Gasteiger partial charge in [0.15, 0.2) is 5.82 Å². The summed E-state index contributed by atoms with van der Waals surface area (Å²) in [6.45, 7) is 8.06. The third kappa shape index (κ3) is 3.37. The van der Waals surface area contributed by atoms with Crippen LogP contribution in [0.3, 0.4) is 0 Å². The molecule has 7 nitrogen and oxygen atoms in total. The van der Waals surface area contributed by atoms with Gasteiger partial charge in [-0.2, -0.15) is 0 Å². The molecule has 1 atom stereocenters. The molecule has 5 rings (SSSR count). The van der Waals surface area contributed by atoms with E-state index in [0.717, 1.165) is 65.9 Å². The summed E-state index contributed by atoms with van der Waals surface area (Å²) in [4.78, 5) is 25.3. The average Bonchev–Trinajstić information content (AvgIpc) is 3.40. The summed E-state index contributed by atoms with van der Waals surface area (Å²) in [5.74, 6) is 1.55. The predicted octanol–water partition coefficient (Wildman–Crippen LogP) is 5.41. The van der Waals surface area contributed by atoms with Gasteiger partial charge in [0.05, 0.1) is 18.3 Å². The smallest absolute Gasteiger partial charge is 0.254 e. The van der Waals surface area contributed by atoms with Crippen molar-refractivity contribution in [3.63, 3.8) is 0 Å². The van der Waals surface area contributed by atoms with Crippen molar-refractivity contribution >= 4 is 28.0 Å². The second kappa shape index (κ2) is 8.46. The topological polar surface area (TPSA) is 65.2 Å². The van der Waals surface area contributed by atoms with E-state index in [1.54, 1.807) is 7.11 Å². The van der Waals surface area contributed by atoms with E-state index >= 15 is 0 Å². The second-order valence-corrected chi connectivity index (χ2v) is 9.50. The maximum Gasteiger partial charge on any atom is 0.254 e. The van der Waals surface area contributed by atoms with Crippen molar-refractivity contribution in [3.05, 3.63) is 42.1 Å². The van der Waals surface area contributed by atoms with E-state index in [1.807, 2.05) is 31.4 Å². The number of rotatable bonds is 5. The lowest BCUT2D eigenvalue weighted by atomic mass is 9.85. The van der Waals surface area contributed by atoms with Gasteiger partial charge in [-0.3, -0.25) is 4.79 Å². The highest BCUT2D eigenvalue weighted by Gasteiger charge is 2.36. The predicted molar refractivity (Wildman–Crippen MR) is 135 cm³/mol. The Labute approximate surface area is 200 Å². The van der Waals surface area contributed by atoms with Crippen molar-refractivity contribution in [2.45, 2.75) is 58.5 Å². The van der Waals surface area contributed by atoms with Crippen molar-refractivity contribution in [1.82, 2.24) is 24.0 Å². The van der Waals surface area contributed by atoms with Gasteiger partial charge in [0.25, 0.3) is 5.91 Å². The summed E-state index contributed by atoms with van der Waals surface area (Å²) in [5, 5.41) is 1.08. The molecule has 1 amide bonds. The fourth-order valence-corrected chi connectivity index (χ4v) is 5.46. The molecule has 178 valence electrons. The first-order valence-electron chi connectivity index (χ1n) is 12.2. The number of carbonyl (C=O) groups is 1. The highest BCUT2D eigenvalue weighted by Crippen LogP contribution is 2.36. The molecule has 4 aromatic rings. The van der Waals surface area contributed by atoms with E-state index < -0.39 is 0 Å². The summed E-state index contributed by atoms with van der Waals surface area (Å²) in [6.07, 6.45) is 6.02. The minimum atomic E-state index is -0.109. The molecule has 0 spiro atoms. The number of likely N-dealkylation sites (tertiary alicyclic amines) is 1. The maximum absolute atomic E-state index is 13.7. The number of pyridine rings is 1. The van der Waals surface area contributed by atoms with Crippen molar-refractivity contribution in [2.24, 2.45) is 7.05 Å². The molecule has 1 aromatic carbocycles. The number of ether oxygens (including phenoxy) is 1. The van der Waals surface area contributed by atoms with Crippen molar-refractivity contribution < 1.29 is 9.53 Å². The fraction of sp³-hybridized carbons (Fsp3) is 0.444. The zero-order chi connectivity index (χ0) is 24.0. The number of hydrogen-bond acceptors (Lipinski definition) is 4. The standard InChI is InChI=1S/C27H33N5O2/c1-6-27(3)12-8-9-14-32(27)26(33)19-15-20-23(22(17-19)34-5)30(4)25(29-20)21-16-18-11-10-13-28-24(18)31(21)7-2/h10-11,13,15-17H,6-9,12,14H2,1-5H3/t27-/m0/s1. The Morgan fingerprint density at radius 1 is 1.21 bits per heavy atom. The Morgan fingerprint density at radius 2 is 2.03 bits per heavy atom. The molecular formula is C27H33N5O2. The third-order valence-electron chi connectivity index (χ3n) is 7.61. The molecule has 0 radical (unpaired) electrons. The van der Waals surface area contributed by atoms with E-state index in [9.17, 15) is 4.79 Å². The van der Waals surface area contributed by atoms with E-state index in [-0.39, 0.29) is 11.4 Å². The summed E-state index contributed by atoms with van der Waals surface area (Å²) >= 11 is 0.